The zero-order valence-corrected chi connectivity index (χ0v) is 28.8. The number of thiophene rings is 1. The molecule has 3 nitrogen and oxygen atoms in total. The van der Waals surface area contributed by atoms with Crippen molar-refractivity contribution in [1.29, 1.82) is 0 Å². The SMILES string of the molecule is Cc1ccc(N(c2ccc(-c3ccc4c(c3)Oc3c(ccc5sc6ccccc6c35)C4(C)C)cc2)c2ccc3oc4ccccc4c3c2)cc1. The van der Waals surface area contributed by atoms with Crippen molar-refractivity contribution in [2.24, 2.45) is 0 Å². The van der Waals surface area contributed by atoms with Gasteiger partial charge in [-0.05, 0) is 84.8 Å². The summed E-state index contributed by atoms with van der Waals surface area (Å²) in [5.74, 6) is 1.91. The largest absolute Gasteiger partial charge is 0.456 e. The first-order chi connectivity index (χ1) is 24.4. The van der Waals surface area contributed by atoms with E-state index in [-0.39, 0.29) is 5.41 Å². The molecule has 0 N–H and O–H groups in total. The molecule has 0 spiro atoms. The number of hydrogen-bond donors (Lipinski definition) is 0. The minimum atomic E-state index is -0.196. The number of hydrogen-bond acceptors (Lipinski definition) is 4. The molecular weight excluding hydrogens is 631 g/mol. The number of nitrogens with zero attached hydrogens (tertiary/aromatic N) is 1. The van der Waals surface area contributed by atoms with Gasteiger partial charge in [0.1, 0.15) is 22.7 Å². The number of furan rings is 1. The van der Waals surface area contributed by atoms with Gasteiger partial charge >= 0.3 is 0 Å². The summed E-state index contributed by atoms with van der Waals surface area (Å²) in [7, 11) is 0. The van der Waals surface area contributed by atoms with Crippen LogP contribution in [-0.2, 0) is 5.41 Å². The van der Waals surface area contributed by atoms with Crippen LogP contribution in [0.15, 0.2) is 150 Å². The molecule has 7 aromatic carbocycles. The van der Waals surface area contributed by atoms with Crippen molar-refractivity contribution in [3.05, 3.63) is 162 Å². The first-order valence-corrected chi connectivity index (χ1v) is 17.9. The van der Waals surface area contributed by atoms with Gasteiger partial charge in [-0.15, -0.1) is 11.3 Å². The molecule has 4 heteroatoms. The van der Waals surface area contributed by atoms with E-state index in [1.165, 1.54) is 36.9 Å². The van der Waals surface area contributed by atoms with Crippen LogP contribution in [0.25, 0.3) is 53.2 Å². The molecule has 1 aliphatic heterocycles. The van der Waals surface area contributed by atoms with Crippen molar-refractivity contribution in [3.8, 4) is 22.6 Å². The second-order valence-electron chi connectivity index (χ2n) is 13.8. The standard InChI is InChI=1S/C46H33NO2S/c1-28-12-17-31(18-13-28)47(33-21-24-40-36(27-33)34-8-4-6-10-39(34)48-40)32-19-14-29(15-20-32)30-16-22-37-41(26-30)49-45-38(46(37,2)3)23-25-43-44(45)35-9-5-7-11-42(35)50-43/h4-27H,1-3H3. The number of anilines is 3. The Hall–Kier alpha value is -5.84. The molecule has 50 heavy (non-hydrogen) atoms. The number of rotatable bonds is 4. The summed E-state index contributed by atoms with van der Waals surface area (Å²) in [6.07, 6.45) is 0. The summed E-state index contributed by atoms with van der Waals surface area (Å²) >= 11 is 1.83. The van der Waals surface area contributed by atoms with Gasteiger partial charge in [-0.1, -0.05) is 98.3 Å². The average Bonchev–Trinajstić information content (AvgIpc) is 3.71. The van der Waals surface area contributed by atoms with E-state index in [1.54, 1.807) is 0 Å². The van der Waals surface area contributed by atoms with E-state index in [0.717, 1.165) is 61.6 Å². The lowest BCUT2D eigenvalue weighted by atomic mass is 9.75. The maximum Gasteiger partial charge on any atom is 0.140 e. The molecule has 10 rings (SSSR count). The molecule has 9 aromatic rings. The first kappa shape index (κ1) is 29.1. The normalized spacial score (nSPS) is 13.4. The van der Waals surface area contributed by atoms with E-state index in [9.17, 15) is 0 Å². The Bertz CT molecular complexity index is 2770. The van der Waals surface area contributed by atoms with Gasteiger partial charge in [0, 0.05) is 64.5 Å². The Morgan fingerprint density at radius 2 is 1.20 bits per heavy atom. The molecule has 0 aliphatic carbocycles. The highest BCUT2D eigenvalue weighted by Gasteiger charge is 2.36. The number of para-hydroxylation sites is 1. The predicted octanol–water partition coefficient (Wildman–Crippen LogP) is 13.8. The molecule has 0 saturated carbocycles. The molecule has 0 unspecified atom stereocenters. The van der Waals surface area contributed by atoms with E-state index in [1.807, 2.05) is 23.5 Å². The van der Waals surface area contributed by atoms with Crippen molar-refractivity contribution in [1.82, 2.24) is 0 Å². The van der Waals surface area contributed by atoms with Crippen LogP contribution in [0.2, 0.25) is 0 Å². The van der Waals surface area contributed by atoms with Crippen LogP contribution in [0.5, 0.6) is 11.5 Å². The van der Waals surface area contributed by atoms with E-state index in [2.05, 4.69) is 159 Å². The van der Waals surface area contributed by atoms with Crippen LogP contribution in [-0.4, -0.2) is 0 Å². The summed E-state index contributed by atoms with van der Waals surface area (Å²) in [5, 5.41) is 4.71. The quantitative estimate of drug-likeness (QED) is 0.187. The third-order valence-electron chi connectivity index (χ3n) is 10.4. The summed E-state index contributed by atoms with van der Waals surface area (Å²) < 4.78 is 15.6. The second kappa shape index (κ2) is 10.8. The zero-order chi connectivity index (χ0) is 33.6. The molecule has 0 atom stereocenters. The molecule has 0 bridgehead atoms. The van der Waals surface area contributed by atoms with Crippen molar-refractivity contribution >= 4 is 70.5 Å². The molecule has 1 aliphatic rings. The highest BCUT2D eigenvalue weighted by Crippen LogP contribution is 2.53. The summed E-state index contributed by atoms with van der Waals surface area (Å²) in [6, 6.07) is 52.2. The van der Waals surface area contributed by atoms with Crippen LogP contribution in [0, 0.1) is 6.92 Å². The number of fused-ring (bicyclic) bond motifs is 9. The fourth-order valence-corrected chi connectivity index (χ4v) is 8.84. The summed E-state index contributed by atoms with van der Waals surface area (Å²) in [4.78, 5) is 2.32. The average molecular weight is 664 g/mol. The van der Waals surface area contributed by atoms with Gasteiger partial charge in [0.2, 0.25) is 0 Å². The lowest BCUT2D eigenvalue weighted by molar-refractivity contribution is 0.423. The minimum absolute atomic E-state index is 0.196. The van der Waals surface area contributed by atoms with Gasteiger partial charge in [0.05, 0.1) is 0 Å². The third kappa shape index (κ3) is 4.42. The number of ether oxygens (including phenoxy) is 1. The lowest BCUT2D eigenvalue weighted by Gasteiger charge is -2.35. The number of aryl methyl sites for hydroxylation is 1. The molecule has 0 saturated heterocycles. The van der Waals surface area contributed by atoms with Crippen LogP contribution in [0.4, 0.5) is 17.1 Å². The highest BCUT2D eigenvalue weighted by atomic mass is 32.1. The molecule has 0 fully saturated rings. The van der Waals surface area contributed by atoms with Crippen molar-refractivity contribution in [2.75, 3.05) is 4.90 Å². The summed E-state index contributed by atoms with van der Waals surface area (Å²) in [6.45, 7) is 6.75. The van der Waals surface area contributed by atoms with Crippen LogP contribution in [0.3, 0.4) is 0 Å². The minimum Gasteiger partial charge on any atom is -0.456 e. The van der Waals surface area contributed by atoms with E-state index in [0.29, 0.717) is 0 Å². The Labute approximate surface area is 294 Å². The topological polar surface area (TPSA) is 25.6 Å². The Kier molecular flexibility index (Phi) is 6.31. The maximum atomic E-state index is 6.89. The third-order valence-corrected chi connectivity index (χ3v) is 11.5. The molecule has 0 amide bonds. The van der Waals surface area contributed by atoms with E-state index >= 15 is 0 Å². The molecule has 0 radical (unpaired) electrons. The molecular formula is C46H33NO2S. The van der Waals surface area contributed by atoms with Crippen LogP contribution in [0.1, 0.15) is 30.5 Å². The van der Waals surface area contributed by atoms with Crippen molar-refractivity contribution in [2.45, 2.75) is 26.2 Å². The van der Waals surface area contributed by atoms with E-state index < -0.39 is 0 Å². The van der Waals surface area contributed by atoms with Gasteiger partial charge in [0.15, 0.2) is 0 Å². The maximum absolute atomic E-state index is 6.89. The fraction of sp³-hybridized carbons (Fsp3) is 0.0870. The van der Waals surface area contributed by atoms with Gasteiger partial charge < -0.3 is 14.1 Å². The molecule has 3 heterocycles. The van der Waals surface area contributed by atoms with Gasteiger partial charge in [-0.25, -0.2) is 0 Å². The van der Waals surface area contributed by atoms with E-state index in [4.69, 9.17) is 9.15 Å². The number of benzene rings is 7. The second-order valence-corrected chi connectivity index (χ2v) is 14.9. The Balaban J connectivity index is 1.05. The van der Waals surface area contributed by atoms with Gasteiger partial charge in [0.25, 0.3) is 0 Å². The Morgan fingerprint density at radius 1 is 0.540 bits per heavy atom. The van der Waals surface area contributed by atoms with Gasteiger partial charge in [-0.2, -0.15) is 0 Å². The Morgan fingerprint density at radius 3 is 2.02 bits per heavy atom. The molecule has 240 valence electrons. The fourth-order valence-electron chi connectivity index (χ4n) is 7.74. The monoisotopic (exact) mass is 663 g/mol. The van der Waals surface area contributed by atoms with Crippen LogP contribution >= 0.6 is 11.3 Å². The zero-order valence-electron chi connectivity index (χ0n) is 28.0. The van der Waals surface area contributed by atoms with Crippen molar-refractivity contribution < 1.29 is 9.15 Å². The predicted molar refractivity (Wildman–Crippen MR) is 210 cm³/mol. The first-order valence-electron chi connectivity index (χ1n) is 17.1. The lowest BCUT2D eigenvalue weighted by Crippen LogP contribution is -2.24. The summed E-state index contributed by atoms with van der Waals surface area (Å²) in [5.41, 5.74) is 10.8. The van der Waals surface area contributed by atoms with Crippen LogP contribution < -0.4 is 9.64 Å². The molecule has 2 aromatic heterocycles. The van der Waals surface area contributed by atoms with Gasteiger partial charge in [-0.3, -0.25) is 0 Å². The highest BCUT2D eigenvalue weighted by molar-refractivity contribution is 7.25. The van der Waals surface area contributed by atoms with Crippen molar-refractivity contribution in [3.63, 3.8) is 0 Å². The smallest absolute Gasteiger partial charge is 0.140 e.